The van der Waals surface area contributed by atoms with E-state index >= 15 is 0 Å². The van der Waals surface area contributed by atoms with Gasteiger partial charge in [0.25, 0.3) is 0 Å². The monoisotopic (exact) mass is 185 g/mol. The van der Waals surface area contributed by atoms with Crippen LogP contribution in [0.25, 0.3) is 0 Å². The average molecular weight is 185 g/mol. The smallest absolute Gasteiger partial charge is 0.0217 e. The summed E-state index contributed by atoms with van der Waals surface area (Å²) in [5, 5.41) is 3.20. The molecule has 78 valence electrons. The minimum atomic E-state index is 0.769. The summed E-state index contributed by atoms with van der Waals surface area (Å²) < 4.78 is 0. The van der Waals surface area contributed by atoms with Crippen LogP contribution in [-0.2, 0) is 0 Å². The van der Waals surface area contributed by atoms with E-state index in [1.165, 1.54) is 32.5 Å². The van der Waals surface area contributed by atoms with Crippen LogP contribution in [0.15, 0.2) is 0 Å². The highest BCUT2D eigenvalue weighted by atomic mass is 15.2. The van der Waals surface area contributed by atoms with Crippen molar-refractivity contribution < 1.29 is 0 Å². The number of hydrogen-bond acceptors (Lipinski definition) is 3. The lowest BCUT2D eigenvalue weighted by Gasteiger charge is -2.36. The maximum atomic E-state index is 3.20. The van der Waals surface area contributed by atoms with Crippen LogP contribution in [0.3, 0.4) is 0 Å². The van der Waals surface area contributed by atoms with Crippen LogP contribution in [-0.4, -0.2) is 63.2 Å². The molecule has 0 aromatic carbocycles. The zero-order valence-corrected chi connectivity index (χ0v) is 9.21. The number of hydrogen-bond donors (Lipinski definition) is 1. The van der Waals surface area contributed by atoms with E-state index in [2.05, 4.69) is 29.2 Å². The van der Waals surface area contributed by atoms with Crippen LogP contribution in [0.4, 0.5) is 0 Å². The Hall–Kier alpha value is -0.120. The molecule has 1 aliphatic rings. The Morgan fingerprint density at radius 2 is 2.23 bits per heavy atom. The largest absolute Gasteiger partial charge is 0.318 e. The maximum absolute atomic E-state index is 3.20. The first-order valence-electron chi connectivity index (χ1n) is 5.27. The molecule has 3 heteroatoms. The molecule has 0 aliphatic carbocycles. The molecular formula is C10H23N3. The van der Waals surface area contributed by atoms with Crippen molar-refractivity contribution in [3.8, 4) is 0 Å². The zero-order chi connectivity index (χ0) is 9.68. The van der Waals surface area contributed by atoms with E-state index in [1.54, 1.807) is 0 Å². The number of likely N-dealkylation sites (tertiary alicyclic amines) is 1. The van der Waals surface area contributed by atoms with Crippen LogP contribution < -0.4 is 5.32 Å². The second kappa shape index (κ2) is 5.58. The molecule has 1 aliphatic heterocycles. The van der Waals surface area contributed by atoms with E-state index in [0.29, 0.717) is 0 Å². The first-order chi connectivity index (χ1) is 6.24. The molecule has 0 spiro atoms. The van der Waals surface area contributed by atoms with Gasteiger partial charge < -0.3 is 15.1 Å². The SMILES string of the molecule is CNCCN1CCCC(N(C)C)C1. The lowest BCUT2D eigenvalue weighted by molar-refractivity contribution is 0.134. The summed E-state index contributed by atoms with van der Waals surface area (Å²) in [5.41, 5.74) is 0. The van der Waals surface area contributed by atoms with Crippen molar-refractivity contribution in [3.63, 3.8) is 0 Å². The average Bonchev–Trinajstić information content (AvgIpc) is 2.15. The number of rotatable bonds is 4. The summed E-state index contributed by atoms with van der Waals surface area (Å²) in [4.78, 5) is 4.91. The Labute approximate surface area is 82.1 Å². The van der Waals surface area contributed by atoms with Crippen LogP contribution in [0.5, 0.6) is 0 Å². The fourth-order valence-electron chi connectivity index (χ4n) is 1.93. The maximum Gasteiger partial charge on any atom is 0.0217 e. The molecule has 0 aromatic heterocycles. The van der Waals surface area contributed by atoms with Crippen LogP contribution >= 0.6 is 0 Å². The molecule has 1 rings (SSSR count). The van der Waals surface area contributed by atoms with Gasteiger partial charge in [0.15, 0.2) is 0 Å². The minimum Gasteiger partial charge on any atom is -0.318 e. The van der Waals surface area contributed by atoms with Crippen molar-refractivity contribution in [2.75, 3.05) is 47.3 Å². The van der Waals surface area contributed by atoms with E-state index in [1.807, 2.05) is 7.05 Å². The summed E-state index contributed by atoms with van der Waals surface area (Å²) in [7, 11) is 6.39. The Balaban J connectivity index is 2.25. The Morgan fingerprint density at radius 1 is 1.46 bits per heavy atom. The fraction of sp³-hybridized carbons (Fsp3) is 1.00. The van der Waals surface area contributed by atoms with Gasteiger partial charge in [0.05, 0.1) is 0 Å². The quantitative estimate of drug-likeness (QED) is 0.676. The number of nitrogens with zero attached hydrogens (tertiary/aromatic N) is 2. The standard InChI is InChI=1S/C10H23N3/c1-11-6-8-13-7-4-5-10(9-13)12(2)3/h10-11H,4-9H2,1-3H3. The summed E-state index contributed by atoms with van der Waals surface area (Å²) in [6.45, 7) is 4.84. The van der Waals surface area contributed by atoms with Gasteiger partial charge in [-0.3, -0.25) is 0 Å². The molecule has 3 nitrogen and oxygen atoms in total. The molecular weight excluding hydrogens is 162 g/mol. The molecule has 0 radical (unpaired) electrons. The number of nitrogens with one attached hydrogen (secondary N) is 1. The minimum absolute atomic E-state index is 0.769. The molecule has 0 amide bonds. The lowest BCUT2D eigenvalue weighted by Crippen LogP contribution is -2.46. The van der Waals surface area contributed by atoms with E-state index < -0.39 is 0 Å². The molecule has 0 aromatic rings. The van der Waals surface area contributed by atoms with Gasteiger partial charge in [-0.05, 0) is 40.5 Å². The van der Waals surface area contributed by atoms with E-state index in [0.717, 1.165) is 12.6 Å². The van der Waals surface area contributed by atoms with Gasteiger partial charge in [0.2, 0.25) is 0 Å². The molecule has 1 unspecified atom stereocenters. The molecule has 0 saturated carbocycles. The molecule has 1 atom stereocenters. The Bertz CT molecular complexity index is 136. The van der Waals surface area contributed by atoms with Crippen molar-refractivity contribution in [3.05, 3.63) is 0 Å². The third-order valence-electron chi connectivity index (χ3n) is 2.89. The molecule has 1 N–H and O–H groups in total. The second-order valence-electron chi connectivity index (χ2n) is 4.16. The number of piperidine rings is 1. The van der Waals surface area contributed by atoms with Crippen molar-refractivity contribution >= 4 is 0 Å². The predicted molar refractivity (Wildman–Crippen MR) is 57.1 cm³/mol. The van der Waals surface area contributed by atoms with E-state index in [-0.39, 0.29) is 0 Å². The molecule has 13 heavy (non-hydrogen) atoms. The van der Waals surface area contributed by atoms with Crippen molar-refractivity contribution in [2.24, 2.45) is 0 Å². The highest BCUT2D eigenvalue weighted by molar-refractivity contribution is 4.77. The third kappa shape index (κ3) is 3.63. The first-order valence-corrected chi connectivity index (χ1v) is 5.27. The van der Waals surface area contributed by atoms with Crippen molar-refractivity contribution in [1.82, 2.24) is 15.1 Å². The van der Waals surface area contributed by atoms with Crippen LogP contribution in [0.1, 0.15) is 12.8 Å². The highest BCUT2D eigenvalue weighted by Gasteiger charge is 2.20. The van der Waals surface area contributed by atoms with E-state index in [4.69, 9.17) is 0 Å². The molecule has 1 saturated heterocycles. The van der Waals surface area contributed by atoms with Gasteiger partial charge in [0, 0.05) is 25.7 Å². The zero-order valence-electron chi connectivity index (χ0n) is 9.21. The van der Waals surface area contributed by atoms with Gasteiger partial charge in [-0.15, -0.1) is 0 Å². The Morgan fingerprint density at radius 3 is 2.85 bits per heavy atom. The first kappa shape index (κ1) is 11.0. The third-order valence-corrected chi connectivity index (χ3v) is 2.89. The van der Waals surface area contributed by atoms with Crippen molar-refractivity contribution in [1.29, 1.82) is 0 Å². The van der Waals surface area contributed by atoms with Crippen LogP contribution in [0, 0.1) is 0 Å². The lowest BCUT2D eigenvalue weighted by atomic mass is 10.1. The summed E-state index contributed by atoms with van der Waals surface area (Å²) >= 11 is 0. The predicted octanol–water partition coefficient (Wildman–Crippen LogP) is 0.232. The second-order valence-corrected chi connectivity index (χ2v) is 4.16. The van der Waals surface area contributed by atoms with Gasteiger partial charge in [-0.25, -0.2) is 0 Å². The molecule has 0 bridgehead atoms. The molecule has 1 fully saturated rings. The van der Waals surface area contributed by atoms with Gasteiger partial charge in [-0.1, -0.05) is 0 Å². The summed E-state index contributed by atoms with van der Waals surface area (Å²) in [6.07, 6.45) is 2.72. The van der Waals surface area contributed by atoms with Gasteiger partial charge in [0.1, 0.15) is 0 Å². The summed E-state index contributed by atoms with van der Waals surface area (Å²) in [5.74, 6) is 0. The van der Waals surface area contributed by atoms with E-state index in [9.17, 15) is 0 Å². The van der Waals surface area contributed by atoms with Crippen LogP contribution in [0.2, 0.25) is 0 Å². The number of likely N-dealkylation sites (N-methyl/N-ethyl adjacent to an activating group) is 2. The van der Waals surface area contributed by atoms with Crippen molar-refractivity contribution in [2.45, 2.75) is 18.9 Å². The normalized spacial score (nSPS) is 25.4. The Kier molecular flexibility index (Phi) is 4.70. The summed E-state index contributed by atoms with van der Waals surface area (Å²) in [6, 6.07) is 0.769. The highest BCUT2D eigenvalue weighted by Crippen LogP contribution is 2.12. The molecule has 1 heterocycles. The fourth-order valence-corrected chi connectivity index (χ4v) is 1.93. The topological polar surface area (TPSA) is 18.5 Å². The van der Waals surface area contributed by atoms with Gasteiger partial charge >= 0.3 is 0 Å². The van der Waals surface area contributed by atoms with Gasteiger partial charge in [-0.2, -0.15) is 0 Å².